The molecule has 0 bridgehead atoms. The van der Waals surface area contributed by atoms with Gasteiger partial charge < -0.3 is 19.6 Å². The van der Waals surface area contributed by atoms with Crippen molar-refractivity contribution in [3.05, 3.63) is 0 Å². The quantitative estimate of drug-likeness (QED) is 0.791. The lowest BCUT2D eigenvalue weighted by atomic mass is 9.71. The molecule has 0 radical (unpaired) electrons. The van der Waals surface area contributed by atoms with E-state index in [2.05, 4.69) is 16.7 Å². The molecule has 6 heteroatoms. The van der Waals surface area contributed by atoms with Gasteiger partial charge in [-0.15, -0.1) is 0 Å². The lowest BCUT2D eigenvalue weighted by Crippen LogP contribution is -2.62. The van der Waals surface area contributed by atoms with E-state index in [-0.39, 0.29) is 24.0 Å². The topological polar surface area (TPSA) is 56.2 Å². The highest BCUT2D eigenvalue weighted by molar-refractivity contribution is 5.77. The van der Waals surface area contributed by atoms with Gasteiger partial charge >= 0.3 is 0 Å². The molecule has 3 saturated heterocycles. The number of carbonyl (C=O) groups excluding carboxylic acids is 1. The van der Waals surface area contributed by atoms with Crippen molar-refractivity contribution in [2.45, 2.75) is 57.6 Å². The summed E-state index contributed by atoms with van der Waals surface area (Å²) in [6.45, 7) is 9.41. The first-order valence-corrected chi connectivity index (χ1v) is 10.5. The Morgan fingerprint density at radius 3 is 2.62 bits per heavy atom. The van der Waals surface area contributed by atoms with E-state index in [0.29, 0.717) is 12.6 Å². The number of likely N-dealkylation sites (tertiary alicyclic amines) is 3. The van der Waals surface area contributed by atoms with Crippen LogP contribution in [0.5, 0.6) is 0 Å². The zero-order valence-corrected chi connectivity index (χ0v) is 16.7. The van der Waals surface area contributed by atoms with Crippen LogP contribution in [0.2, 0.25) is 0 Å². The first-order chi connectivity index (χ1) is 12.6. The van der Waals surface area contributed by atoms with Crippen LogP contribution in [-0.4, -0.2) is 97.4 Å². The Kier molecular flexibility index (Phi) is 6.94. The Morgan fingerprint density at radius 2 is 1.92 bits per heavy atom. The smallest absolute Gasteiger partial charge is 0.248 e. The molecule has 150 valence electrons. The third-order valence-corrected chi connectivity index (χ3v) is 6.76. The maximum atomic E-state index is 12.3. The largest absolute Gasteiger partial charge is 0.392 e. The van der Waals surface area contributed by atoms with Gasteiger partial charge in [-0.1, -0.05) is 6.92 Å². The van der Waals surface area contributed by atoms with Gasteiger partial charge in [0.05, 0.1) is 6.10 Å². The molecule has 3 fully saturated rings. The monoisotopic (exact) mass is 367 g/mol. The Hall–Kier alpha value is -0.690. The zero-order valence-electron chi connectivity index (χ0n) is 16.7. The molecule has 3 heterocycles. The van der Waals surface area contributed by atoms with Crippen molar-refractivity contribution in [2.75, 3.05) is 59.5 Å². The van der Waals surface area contributed by atoms with E-state index in [4.69, 9.17) is 4.74 Å². The van der Waals surface area contributed by atoms with Crippen LogP contribution in [0.1, 0.15) is 45.4 Å². The van der Waals surface area contributed by atoms with Gasteiger partial charge in [-0.3, -0.25) is 9.69 Å². The Bertz CT molecular complexity index is 467. The lowest BCUT2D eigenvalue weighted by Gasteiger charge is -2.53. The fraction of sp³-hybridized carbons (Fsp3) is 0.950. The summed E-state index contributed by atoms with van der Waals surface area (Å²) >= 11 is 0. The molecule has 1 spiro atoms. The Balaban J connectivity index is 1.61. The summed E-state index contributed by atoms with van der Waals surface area (Å²) in [5, 5.41) is 10.8. The number of amides is 1. The van der Waals surface area contributed by atoms with E-state index < -0.39 is 0 Å². The summed E-state index contributed by atoms with van der Waals surface area (Å²) in [5.41, 5.74) is -0.152. The molecule has 26 heavy (non-hydrogen) atoms. The number of carbonyl (C=O) groups is 1. The van der Waals surface area contributed by atoms with Gasteiger partial charge in [-0.2, -0.15) is 0 Å². The van der Waals surface area contributed by atoms with Gasteiger partial charge in [0.1, 0.15) is 6.61 Å². The minimum Gasteiger partial charge on any atom is -0.392 e. The molecular weight excluding hydrogens is 330 g/mol. The number of hydrogen-bond donors (Lipinski definition) is 1. The van der Waals surface area contributed by atoms with Crippen molar-refractivity contribution < 1.29 is 14.6 Å². The van der Waals surface area contributed by atoms with Crippen molar-refractivity contribution in [3.63, 3.8) is 0 Å². The van der Waals surface area contributed by atoms with E-state index in [1.54, 1.807) is 7.11 Å². The molecule has 0 aliphatic carbocycles. The third-order valence-electron chi connectivity index (χ3n) is 6.76. The predicted molar refractivity (Wildman–Crippen MR) is 102 cm³/mol. The van der Waals surface area contributed by atoms with E-state index >= 15 is 0 Å². The SMILES string of the molecule is CCCN1CCC(N2CC[C@@H](O)[C@]3(CCCN(C(=O)COC)C3)C2)CC1. The number of methoxy groups -OCH3 is 1. The average Bonchev–Trinajstić information content (AvgIpc) is 2.65. The van der Waals surface area contributed by atoms with Crippen LogP contribution >= 0.6 is 0 Å². The van der Waals surface area contributed by atoms with Crippen LogP contribution in [-0.2, 0) is 9.53 Å². The van der Waals surface area contributed by atoms with E-state index in [9.17, 15) is 9.90 Å². The number of piperidine rings is 3. The summed E-state index contributed by atoms with van der Waals surface area (Å²) in [6, 6.07) is 0.637. The summed E-state index contributed by atoms with van der Waals surface area (Å²) in [7, 11) is 1.57. The van der Waals surface area contributed by atoms with E-state index in [1.165, 1.54) is 38.9 Å². The van der Waals surface area contributed by atoms with Crippen molar-refractivity contribution in [1.29, 1.82) is 0 Å². The third kappa shape index (κ3) is 4.41. The molecule has 3 rings (SSSR count). The Morgan fingerprint density at radius 1 is 1.15 bits per heavy atom. The average molecular weight is 368 g/mol. The first-order valence-electron chi connectivity index (χ1n) is 10.5. The lowest BCUT2D eigenvalue weighted by molar-refractivity contribution is -0.146. The van der Waals surface area contributed by atoms with Crippen LogP contribution in [0.4, 0.5) is 0 Å². The van der Waals surface area contributed by atoms with Gasteiger partial charge in [-0.25, -0.2) is 0 Å². The molecule has 0 aromatic heterocycles. The first kappa shape index (κ1) is 20.1. The summed E-state index contributed by atoms with van der Waals surface area (Å²) in [4.78, 5) is 19.4. The van der Waals surface area contributed by atoms with Crippen LogP contribution in [0, 0.1) is 5.41 Å². The minimum atomic E-state index is -0.294. The second kappa shape index (κ2) is 9.00. The fourth-order valence-corrected chi connectivity index (χ4v) is 5.31. The molecule has 0 saturated carbocycles. The molecule has 3 aliphatic heterocycles. The molecule has 1 N–H and O–H groups in total. The molecule has 2 atom stereocenters. The second-order valence-corrected chi connectivity index (χ2v) is 8.56. The van der Waals surface area contributed by atoms with E-state index in [1.807, 2.05) is 4.90 Å². The van der Waals surface area contributed by atoms with Gasteiger partial charge in [0.25, 0.3) is 0 Å². The molecule has 3 aliphatic rings. The summed E-state index contributed by atoms with van der Waals surface area (Å²) in [6.07, 6.45) is 6.25. The molecule has 0 unspecified atom stereocenters. The van der Waals surface area contributed by atoms with Crippen molar-refractivity contribution in [1.82, 2.24) is 14.7 Å². The van der Waals surface area contributed by atoms with Crippen LogP contribution < -0.4 is 0 Å². The van der Waals surface area contributed by atoms with Crippen molar-refractivity contribution >= 4 is 5.91 Å². The number of ether oxygens (including phenoxy) is 1. The zero-order chi connectivity index (χ0) is 18.6. The van der Waals surface area contributed by atoms with Gasteiger partial charge in [0.2, 0.25) is 5.91 Å². The number of rotatable bonds is 5. The molecule has 6 nitrogen and oxygen atoms in total. The van der Waals surface area contributed by atoms with Gasteiger partial charge in [0.15, 0.2) is 0 Å². The maximum Gasteiger partial charge on any atom is 0.248 e. The van der Waals surface area contributed by atoms with Gasteiger partial charge in [0, 0.05) is 44.7 Å². The summed E-state index contributed by atoms with van der Waals surface area (Å²) in [5.74, 6) is 0.0590. The Labute approximate surface area is 158 Å². The number of nitrogens with zero attached hydrogens (tertiary/aromatic N) is 3. The number of hydrogen-bond acceptors (Lipinski definition) is 5. The molecular formula is C20H37N3O3. The highest BCUT2D eigenvalue weighted by atomic mass is 16.5. The minimum absolute atomic E-state index is 0.0590. The maximum absolute atomic E-state index is 12.3. The normalized spacial score (nSPS) is 32.3. The van der Waals surface area contributed by atoms with Crippen LogP contribution in [0.3, 0.4) is 0 Å². The number of aliphatic hydroxyl groups is 1. The fourth-order valence-electron chi connectivity index (χ4n) is 5.31. The van der Waals surface area contributed by atoms with Crippen LogP contribution in [0.15, 0.2) is 0 Å². The van der Waals surface area contributed by atoms with Gasteiger partial charge in [-0.05, 0) is 58.2 Å². The molecule has 0 aromatic carbocycles. The van der Waals surface area contributed by atoms with Crippen LogP contribution in [0.25, 0.3) is 0 Å². The molecule has 1 amide bonds. The number of aliphatic hydroxyl groups excluding tert-OH is 1. The summed E-state index contributed by atoms with van der Waals surface area (Å²) < 4.78 is 5.04. The standard InChI is InChI=1S/C20H37N3O3/c1-3-9-21-11-5-17(6-12-21)22-13-7-18(24)20(15-22)8-4-10-23(16-20)19(25)14-26-2/h17-18,24H,3-16H2,1-2H3/t18-,20-/m1/s1. The van der Waals surface area contributed by atoms with Crippen molar-refractivity contribution in [3.8, 4) is 0 Å². The highest BCUT2D eigenvalue weighted by Crippen LogP contribution is 2.40. The highest BCUT2D eigenvalue weighted by Gasteiger charge is 2.47. The van der Waals surface area contributed by atoms with Crippen molar-refractivity contribution in [2.24, 2.45) is 5.41 Å². The van der Waals surface area contributed by atoms with E-state index in [0.717, 1.165) is 38.9 Å². The second-order valence-electron chi connectivity index (χ2n) is 8.56. The molecule has 0 aromatic rings. The predicted octanol–water partition coefficient (Wildman–Crippen LogP) is 1.18.